The number of hydrogen-bond donors (Lipinski definition) is 1. The molecule has 4 aliphatic carbocycles. The van der Waals surface area contributed by atoms with E-state index in [1.54, 1.807) is 0 Å². The molecule has 57 heavy (non-hydrogen) atoms. The second-order valence-electron chi connectivity index (χ2n) is 19.5. The number of esters is 2. The molecular weight excluding hydrogens is 747 g/mol. The lowest BCUT2D eigenvalue weighted by molar-refractivity contribution is -0.153. The van der Waals surface area contributed by atoms with E-state index in [9.17, 15) is 14.7 Å². The Morgan fingerprint density at radius 2 is 1.12 bits per heavy atom. The monoisotopic (exact) mass is 836 g/mol. The van der Waals surface area contributed by atoms with Crippen molar-refractivity contribution in [1.82, 2.24) is 4.90 Å². The summed E-state index contributed by atoms with van der Waals surface area (Å²) < 4.78 is 12.5. The van der Waals surface area contributed by atoms with E-state index in [1.807, 2.05) is 0 Å². The molecule has 0 aromatic carbocycles. The van der Waals surface area contributed by atoms with Crippen molar-refractivity contribution in [2.75, 3.05) is 51.0 Å². The van der Waals surface area contributed by atoms with Crippen LogP contribution in [-0.2, 0) is 19.1 Å². The lowest BCUT2D eigenvalue weighted by atomic mass is 9.49. The Morgan fingerprint density at radius 1 is 0.649 bits per heavy atom. The van der Waals surface area contributed by atoms with Crippen LogP contribution in [0.15, 0.2) is 0 Å². The fraction of sp³-hybridized carbons (Fsp3) is 0.959. The number of hydrogen-bond acceptors (Lipinski definition) is 8. The molecule has 0 aromatic rings. The molecule has 0 atom stereocenters. The first kappa shape index (κ1) is 49.2. The van der Waals surface area contributed by atoms with Gasteiger partial charge in [0, 0.05) is 13.0 Å². The van der Waals surface area contributed by atoms with Crippen molar-refractivity contribution in [2.45, 2.75) is 217 Å². The lowest BCUT2D eigenvalue weighted by Gasteiger charge is -2.56. The van der Waals surface area contributed by atoms with E-state index in [0.717, 1.165) is 82.3 Å². The Balaban J connectivity index is 1.18. The first-order valence-electron chi connectivity index (χ1n) is 24.7. The largest absolute Gasteiger partial charge is 0.466 e. The molecule has 1 N–H and O–H groups in total. The van der Waals surface area contributed by atoms with E-state index in [0.29, 0.717) is 30.6 Å². The number of thioether (sulfide) groups is 2. The van der Waals surface area contributed by atoms with Gasteiger partial charge in [-0.3, -0.25) is 9.59 Å². The van der Waals surface area contributed by atoms with Gasteiger partial charge in [-0.1, -0.05) is 104 Å². The normalized spacial score (nSPS) is 24.0. The van der Waals surface area contributed by atoms with Crippen LogP contribution >= 0.6 is 23.5 Å². The average Bonchev–Trinajstić information content (AvgIpc) is 3.18. The molecule has 0 spiro atoms. The van der Waals surface area contributed by atoms with Crippen LogP contribution in [0.1, 0.15) is 213 Å². The molecule has 6 nitrogen and oxygen atoms in total. The molecule has 332 valence electrons. The molecule has 8 heteroatoms. The second-order valence-corrected chi connectivity index (χ2v) is 22.4. The van der Waals surface area contributed by atoms with Gasteiger partial charge >= 0.3 is 11.9 Å². The summed E-state index contributed by atoms with van der Waals surface area (Å²) in [6.07, 6.45) is 37.3. The highest BCUT2D eigenvalue weighted by Crippen LogP contribution is 2.61. The van der Waals surface area contributed by atoms with Crippen molar-refractivity contribution in [3.05, 3.63) is 0 Å². The van der Waals surface area contributed by atoms with Crippen LogP contribution in [0.25, 0.3) is 0 Å². The highest BCUT2D eigenvalue weighted by atomic mass is 32.2. The average molecular weight is 836 g/mol. The smallest absolute Gasteiger partial charge is 0.306 e. The van der Waals surface area contributed by atoms with Crippen LogP contribution in [0, 0.1) is 28.6 Å². The van der Waals surface area contributed by atoms with Gasteiger partial charge in [0.1, 0.15) is 0 Å². The third kappa shape index (κ3) is 19.9. The molecule has 5 aliphatic rings. The standard InChI is InChI=1S/C49H89NO5S2/c1-3-5-7-9-11-13-15-19-33-56-47(57-34-20-16-14-12-10-8-6-4-2)22-21-45(52)54-31-25-48(23-28-50(29-24-48)27-17-18-30-51)26-32-55-46(53)41-49-38-42-35-43(39-49)37-44(36-42)40-49/h42-44,47,51H,3-41H2,1-2H3. The molecular formula is C49H89NO5S2. The van der Waals surface area contributed by atoms with Gasteiger partial charge in [0.2, 0.25) is 0 Å². The predicted molar refractivity (Wildman–Crippen MR) is 244 cm³/mol. The number of carbonyl (C=O) groups excluding carboxylic acids is 2. The number of rotatable bonds is 35. The van der Waals surface area contributed by atoms with Crippen LogP contribution in [0.2, 0.25) is 0 Å². The Bertz CT molecular complexity index is 1010. The minimum Gasteiger partial charge on any atom is -0.466 e. The molecule has 5 rings (SSSR count). The van der Waals surface area contributed by atoms with Gasteiger partial charge in [-0.15, -0.1) is 23.5 Å². The van der Waals surface area contributed by atoms with Crippen LogP contribution in [0.3, 0.4) is 0 Å². The van der Waals surface area contributed by atoms with Gasteiger partial charge in [-0.2, -0.15) is 0 Å². The number of aliphatic hydroxyl groups is 1. The van der Waals surface area contributed by atoms with Gasteiger partial charge in [-0.05, 0) is 156 Å². The topological polar surface area (TPSA) is 76.1 Å². The molecule has 1 aliphatic heterocycles. The van der Waals surface area contributed by atoms with E-state index in [1.165, 1.54) is 153 Å². The zero-order chi connectivity index (χ0) is 40.4. The summed E-state index contributed by atoms with van der Waals surface area (Å²) >= 11 is 4.18. The van der Waals surface area contributed by atoms with Crippen molar-refractivity contribution in [2.24, 2.45) is 28.6 Å². The summed E-state index contributed by atoms with van der Waals surface area (Å²) in [5.41, 5.74) is 0.254. The number of unbranched alkanes of at least 4 members (excludes halogenated alkanes) is 15. The molecule has 0 amide bonds. The molecule has 4 bridgehead atoms. The first-order chi connectivity index (χ1) is 27.9. The van der Waals surface area contributed by atoms with Crippen molar-refractivity contribution in [1.29, 1.82) is 0 Å². The minimum atomic E-state index is -0.0426. The Morgan fingerprint density at radius 3 is 1.61 bits per heavy atom. The number of nitrogens with zero attached hydrogens (tertiary/aromatic N) is 1. The molecule has 0 unspecified atom stereocenters. The van der Waals surface area contributed by atoms with Crippen molar-refractivity contribution in [3.8, 4) is 0 Å². The number of aliphatic hydroxyl groups excluding tert-OH is 1. The van der Waals surface area contributed by atoms with E-state index in [4.69, 9.17) is 9.47 Å². The maximum absolute atomic E-state index is 13.3. The fourth-order valence-corrected chi connectivity index (χ4v) is 14.2. The number of piperidine rings is 1. The van der Waals surface area contributed by atoms with E-state index in [-0.39, 0.29) is 29.4 Å². The van der Waals surface area contributed by atoms with Gasteiger partial charge in [0.25, 0.3) is 0 Å². The molecule has 5 fully saturated rings. The second kappa shape index (κ2) is 29.0. The van der Waals surface area contributed by atoms with E-state index < -0.39 is 0 Å². The molecule has 1 heterocycles. The zero-order valence-electron chi connectivity index (χ0n) is 37.2. The Kier molecular flexibility index (Phi) is 25.0. The maximum Gasteiger partial charge on any atom is 0.306 e. The van der Waals surface area contributed by atoms with Crippen LogP contribution < -0.4 is 0 Å². The van der Waals surface area contributed by atoms with E-state index in [2.05, 4.69) is 42.3 Å². The van der Waals surface area contributed by atoms with Crippen LogP contribution in [0.5, 0.6) is 0 Å². The van der Waals surface area contributed by atoms with Crippen LogP contribution in [-0.4, -0.2) is 77.5 Å². The molecule has 0 aromatic heterocycles. The third-order valence-electron chi connectivity index (χ3n) is 14.5. The van der Waals surface area contributed by atoms with Gasteiger partial charge in [0.05, 0.1) is 24.2 Å². The van der Waals surface area contributed by atoms with Crippen molar-refractivity contribution in [3.63, 3.8) is 0 Å². The molecule has 1 saturated heterocycles. The summed E-state index contributed by atoms with van der Waals surface area (Å²) in [5, 5.41) is 9.28. The van der Waals surface area contributed by atoms with Crippen molar-refractivity contribution < 1.29 is 24.2 Å². The van der Waals surface area contributed by atoms with Crippen molar-refractivity contribution >= 4 is 35.5 Å². The number of carbonyl (C=O) groups is 2. The van der Waals surface area contributed by atoms with Gasteiger partial charge < -0.3 is 19.5 Å². The Hall–Kier alpha value is -0.440. The van der Waals surface area contributed by atoms with Gasteiger partial charge in [0.15, 0.2) is 0 Å². The van der Waals surface area contributed by atoms with Crippen LogP contribution in [0.4, 0.5) is 0 Å². The Labute approximate surface area is 360 Å². The summed E-state index contributed by atoms with van der Waals surface area (Å²) in [5.74, 6) is 4.92. The molecule has 0 radical (unpaired) electrons. The van der Waals surface area contributed by atoms with Gasteiger partial charge in [-0.25, -0.2) is 0 Å². The summed E-state index contributed by atoms with van der Waals surface area (Å²) in [4.78, 5) is 29.0. The number of likely N-dealkylation sites (tertiary alicyclic amines) is 1. The summed E-state index contributed by atoms with van der Waals surface area (Å²) in [7, 11) is 0. The molecule has 4 saturated carbocycles. The third-order valence-corrected chi connectivity index (χ3v) is 17.5. The van der Waals surface area contributed by atoms with E-state index >= 15 is 0 Å². The lowest BCUT2D eigenvalue weighted by Crippen LogP contribution is -2.47. The highest BCUT2D eigenvalue weighted by Gasteiger charge is 2.51. The highest BCUT2D eigenvalue weighted by molar-refractivity contribution is 8.17. The summed E-state index contributed by atoms with van der Waals surface area (Å²) in [6, 6.07) is 0. The first-order valence-corrected chi connectivity index (χ1v) is 26.8. The maximum atomic E-state index is 13.3. The zero-order valence-corrected chi connectivity index (χ0v) is 38.9. The summed E-state index contributed by atoms with van der Waals surface area (Å²) in [6.45, 7) is 8.85. The SMILES string of the molecule is CCCCCCCCCCSC(CCC(=O)OCCC1(CCOC(=O)CC23CC4CC(CC(C4)C2)C3)CCN(CCCCO)CC1)SCCCCCCCCCC. The number of ether oxygens (including phenoxy) is 2. The predicted octanol–water partition coefficient (Wildman–Crippen LogP) is 13.2. The fourth-order valence-electron chi connectivity index (χ4n) is 11.4. The quantitative estimate of drug-likeness (QED) is 0.0384. The minimum absolute atomic E-state index is 0.0232.